The van der Waals surface area contributed by atoms with Crippen molar-refractivity contribution >= 4 is 29.3 Å². The SMILES string of the molecule is CNc1cc(NCCNC(=O)C2CC2)nc(SC)n1. The number of amides is 1. The van der Waals surface area contributed by atoms with Gasteiger partial charge in [0.2, 0.25) is 5.91 Å². The van der Waals surface area contributed by atoms with Gasteiger partial charge in [0, 0.05) is 32.1 Å². The summed E-state index contributed by atoms with van der Waals surface area (Å²) in [7, 11) is 1.83. The van der Waals surface area contributed by atoms with Gasteiger partial charge in [-0.15, -0.1) is 0 Å². The quantitative estimate of drug-likeness (QED) is 0.396. The van der Waals surface area contributed by atoms with E-state index in [1.165, 1.54) is 11.8 Å². The number of hydrogen-bond donors (Lipinski definition) is 3. The van der Waals surface area contributed by atoms with Crippen molar-refractivity contribution in [1.82, 2.24) is 15.3 Å². The first kappa shape index (κ1) is 13.9. The molecule has 0 atom stereocenters. The number of anilines is 2. The molecule has 0 aromatic carbocycles. The number of carbonyl (C=O) groups excluding carboxylic acids is 1. The van der Waals surface area contributed by atoms with Crippen molar-refractivity contribution in [2.24, 2.45) is 5.92 Å². The minimum atomic E-state index is 0.171. The summed E-state index contributed by atoms with van der Waals surface area (Å²) >= 11 is 1.50. The van der Waals surface area contributed by atoms with Crippen molar-refractivity contribution in [3.8, 4) is 0 Å². The Labute approximate surface area is 117 Å². The first-order valence-corrected chi connectivity index (χ1v) is 7.58. The molecule has 1 heterocycles. The van der Waals surface area contributed by atoms with Crippen molar-refractivity contribution in [2.45, 2.75) is 18.0 Å². The van der Waals surface area contributed by atoms with Gasteiger partial charge in [0.1, 0.15) is 11.6 Å². The largest absolute Gasteiger partial charge is 0.373 e. The van der Waals surface area contributed by atoms with E-state index in [9.17, 15) is 4.79 Å². The maximum atomic E-state index is 11.4. The van der Waals surface area contributed by atoms with Gasteiger partial charge in [0.05, 0.1) is 0 Å². The van der Waals surface area contributed by atoms with Gasteiger partial charge in [-0.1, -0.05) is 11.8 Å². The minimum absolute atomic E-state index is 0.171. The van der Waals surface area contributed by atoms with Crippen LogP contribution in [0.3, 0.4) is 0 Å². The smallest absolute Gasteiger partial charge is 0.223 e. The molecule has 0 spiro atoms. The molecule has 7 heteroatoms. The van der Waals surface area contributed by atoms with Gasteiger partial charge in [-0.05, 0) is 19.1 Å². The molecule has 1 amide bonds. The van der Waals surface area contributed by atoms with Crippen molar-refractivity contribution in [3.63, 3.8) is 0 Å². The number of hydrogen-bond acceptors (Lipinski definition) is 6. The molecule has 1 aromatic rings. The Morgan fingerprint density at radius 1 is 1.37 bits per heavy atom. The maximum absolute atomic E-state index is 11.4. The monoisotopic (exact) mass is 281 g/mol. The van der Waals surface area contributed by atoms with Gasteiger partial charge in [-0.25, -0.2) is 9.97 Å². The van der Waals surface area contributed by atoms with Crippen LogP contribution in [0.25, 0.3) is 0 Å². The maximum Gasteiger partial charge on any atom is 0.223 e. The summed E-state index contributed by atoms with van der Waals surface area (Å²) in [4.78, 5) is 20.1. The normalized spacial score (nSPS) is 14.0. The van der Waals surface area contributed by atoms with Crippen LogP contribution in [-0.2, 0) is 4.79 Å². The zero-order valence-corrected chi connectivity index (χ0v) is 12.0. The van der Waals surface area contributed by atoms with E-state index in [1.807, 2.05) is 19.4 Å². The van der Waals surface area contributed by atoms with Crippen LogP contribution in [0, 0.1) is 5.92 Å². The predicted molar refractivity (Wildman–Crippen MR) is 77.6 cm³/mol. The number of carbonyl (C=O) groups is 1. The Kier molecular flexibility index (Phi) is 4.84. The topological polar surface area (TPSA) is 78.9 Å². The lowest BCUT2D eigenvalue weighted by molar-refractivity contribution is -0.122. The molecule has 1 aliphatic rings. The molecule has 1 saturated carbocycles. The van der Waals surface area contributed by atoms with Gasteiger partial charge in [-0.3, -0.25) is 4.79 Å². The number of thioether (sulfide) groups is 1. The number of nitrogens with zero attached hydrogens (tertiary/aromatic N) is 2. The van der Waals surface area contributed by atoms with E-state index >= 15 is 0 Å². The standard InChI is InChI=1S/C12H19N5OS/c1-13-9-7-10(17-12(16-9)19-2)14-5-6-15-11(18)8-3-4-8/h7-8H,3-6H2,1-2H3,(H,15,18)(H2,13,14,16,17). The molecule has 0 unspecified atom stereocenters. The third-order valence-corrected chi connectivity index (χ3v) is 3.37. The average molecular weight is 281 g/mol. The Morgan fingerprint density at radius 2 is 2.11 bits per heavy atom. The van der Waals surface area contributed by atoms with E-state index in [4.69, 9.17) is 0 Å². The first-order valence-electron chi connectivity index (χ1n) is 6.35. The molecule has 2 rings (SSSR count). The summed E-state index contributed by atoms with van der Waals surface area (Å²) in [6, 6.07) is 1.85. The molecule has 1 aromatic heterocycles. The van der Waals surface area contributed by atoms with Crippen molar-refractivity contribution in [2.75, 3.05) is 37.0 Å². The molecular weight excluding hydrogens is 262 g/mol. The van der Waals surface area contributed by atoms with Crippen LogP contribution in [0.2, 0.25) is 0 Å². The van der Waals surface area contributed by atoms with Gasteiger partial charge in [0.25, 0.3) is 0 Å². The molecule has 0 bridgehead atoms. The molecular formula is C12H19N5OS. The second-order valence-electron chi connectivity index (χ2n) is 4.37. The molecule has 1 aliphatic carbocycles. The van der Waals surface area contributed by atoms with Crippen LogP contribution in [0.5, 0.6) is 0 Å². The summed E-state index contributed by atoms with van der Waals surface area (Å²) in [6.45, 7) is 1.27. The summed E-state index contributed by atoms with van der Waals surface area (Å²) in [5, 5.41) is 9.81. The van der Waals surface area contributed by atoms with Gasteiger partial charge >= 0.3 is 0 Å². The van der Waals surface area contributed by atoms with E-state index in [1.54, 1.807) is 0 Å². The number of rotatable bonds is 7. The van der Waals surface area contributed by atoms with Gasteiger partial charge in [-0.2, -0.15) is 0 Å². The third kappa shape index (κ3) is 4.27. The second kappa shape index (κ2) is 6.60. The zero-order chi connectivity index (χ0) is 13.7. The van der Waals surface area contributed by atoms with E-state index in [0.717, 1.165) is 29.6 Å². The van der Waals surface area contributed by atoms with Crippen LogP contribution in [0.1, 0.15) is 12.8 Å². The van der Waals surface area contributed by atoms with Crippen LogP contribution in [0.15, 0.2) is 11.2 Å². The highest BCUT2D eigenvalue weighted by Crippen LogP contribution is 2.28. The Hall–Kier alpha value is -1.50. The Morgan fingerprint density at radius 3 is 2.74 bits per heavy atom. The molecule has 6 nitrogen and oxygen atoms in total. The van der Waals surface area contributed by atoms with Crippen LogP contribution >= 0.6 is 11.8 Å². The number of nitrogens with one attached hydrogen (secondary N) is 3. The van der Waals surface area contributed by atoms with Crippen molar-refractivity contribution < 1.29 is 4.79 Å². The molecule has 1 fully saturated rings. The summed E-state index contributed by atoms with van der Waals surface area (Å²) in [5.74, 6) is 1.98. The summed E-state index contributed by atoms with van der Waals surface area (Å²) in [6.07, 6.45) is 4.01. The van der Waals surface area contributed by atoms with Crippen LogP contribution in [-0.4, -0.2) is 42.3 Å². The highest BCUT2D eigenvalue weighted by molar-refractivity contribution is 7.98. The fourth-order valence-electron chi connectivity index (χ4n) is 1.60. The lowest BCUT2D eigenvalue weighted by atomic mass is 10.4. The first-order chi connectivity index (χ1) is 9.22. The lowest BCUT2D eigenvalue weighted by Crippen LogP contribution is -2.30. The van der Waals surface area contributed by atoms with Gasteiger partial charge < -0.3 is 16.0 Å². The average Bonchev–Trinajstić information content (AvgIpc) is 3.27. The fraction of sp³-hybridized carbons (Fsp3) is 0.583. The zero-order valence-electron chi connectivity index (χ0n) is 11.2. The second-order valence-corrected chi connectivity index (χ2v) is 5.14. The van der Waals surface area contributed by atoms with E-state index in [-0.39, 0.29) is 11.8 Å². The summed E-state index contributed by atoms with van der Waals surface area (Å²) in [5.41, 5.74) is 0. The third-order valence-electron chi connectivity index (χ3n) is 2.82. The highest BCUT2D eigenvalue weighted by Gasteiger charge is 2.28. The number of aromatic nitrogens is 2. The molecule has 0 radical (unpaired) electrons. The molecule has 19 heavy (non-hydrogen) atoms. The predicted octanol–water partition coefficient (Wildman–Crippen LogP) is 1.18. The van der Waals surface area contributed by atoms with Crippen molar-refractivity contribution in [3.05, 3.63) is 6.07 Å². The van der Waals surface area contributed by atoms with Crippen LogP contribution in [0.4, 0.5) is 11.6 Å². The molecule has 0 aliphatic heterocycles. The minimum Gasteiger partial charge on any atom is -0.373 e. The highest BCUT2D eigenvalue weighted by atomic mass is 32.2. The van der Waals surface area contributed by atoms with Gasteiger partial charge in [0.15, 0.2) is 5.16 Å². The molecule has 104 valence electrons. The van der Waals surface area contributed by atoms with Crippen LogP contribution < -0.4 is 16.0 Å². The van der Waals surface area contributed by atoms with E-state index < -0.39 is 0 Å². The Bertz CT molecular complexity index is 427. The lowest BCUT2D eigenvalue weighted by Gasteiger charge is -2.09. The molecule has 0 saturated heterocycles. The fourth-order valence-corrected chi connectivity index (χ4v) is 1.98. The Balaban J connectivity index is 1.79. The van der Waals surface area contributed by atoms with E-state index in [2.05, 4.69) is 25.9 Å². The summed E-state index contributed by atoms with van der Waals surface area (Å²) < 4.78 is 0. The molecule has 3 N–H and O–H groups in total. The van der Waals surface area contributed by atoms with E-state index in [0.29, 0.717) is 13.1 Å². The van der Waals surface area contributed by atoms with Crippen molar-refractivity contribution in [1.29, 1.82) is 0 Å².